The maximum Gasteiger partial charge on any atom is 0.336 e. The summed E-state index contributed by atoms with van der Waals surface area (Å²) in [7, 11) is 0. The van der Waals surface area contributed by atoms with E-state index in [1.165, 1.54) is 36.0 Å². The summed E-state index contributed by atoms with van der Waals surface area (Å²) < 4.78 is 23.9. The molecule has 0 amide bonds. The molecule has 0 bridgehead atoms. The third kappa shape index (κ3) is 5.92. The average molecular weight is 562 g/mol. The molecule has 1 aromatic heterocycles. The quantitative estimate of drug-likeness (QED) is 0.106. The highest BCUT2D eigenvalue weighted by atomic mass is 32.2. The molecule has 4 aromatic rings. The molecule has 0 aliphatic carbocycles. The van der Waals surface area contributed by atoms with E-state index >= 15 is 0 Å². The van der Waals surface area contributed by atoms with E-state index in [1.54, 1.807) is 43.3 Å². The fourth-order valence-corrected chi connectivity index (χ4v) is 5.03. The number of aromatic hydroxyl groups is 1. The zero-order valence-corrected chi connectivity index (χ0v) is 21.6. The van der Waals surface area contributed by atoms with Crippen LogP contribution in [0, 0.1) is 22.9 Å². The Labute approximate surface area is 230 Å². The molecule has 2 N–H and O–H groups in total. The number of hydrogen-bond acceptors (Lipinski definition) is 10. The van der Waals surface area contributed by atoms with Gasteiger partial charge in [0.05, 0.1) is 17.2 Å². The second-order valence-electron chi connectivity index (χ2n) is 8.72. The Morgan fingerprint density at radius 1 is 1.15 bits per heavy atom. The minimum Gasteiger partial charge on any atom is -0.508 e. The van der Waals surface area contributed by atoms with Gasteiger partial charge in [0.1, 0.15) is 17.1 Å². The van der Waals surface area contributed by atoms with Crippen LogP contribution >= 0.6 is 11.8 Å². The Hall–Kier alpha value is -4.81. The Morgan fingerprint density at radius 2 is 1.85 bits per heavy atom. The first-order valence-electron chi connectivity index (χ1n) is 11.8. The summed E-state index contributed by atoms with van der Waals surface area (Å²) in [6, 6.07) is 15.9. The standard InChI is InChI=1S/C28H20FN3O7S/c1-15-10-26(34)38-23-13-24(22(32(36)37)11-20(15)23)39-27(35)14-30-28-31-21(16-2-6-18(29)7-3-16)12-25(40-28)17-4-8-19(33)9-5-17/h2-13,28,30,33H,14H2,1H3. The van der Waals surface area contributed by atoms with Gasteiger partial charge in [-0.2, -0.15) is 0 Å². The number of phenols is 1. The molecule has 10 nitrogen and oxygen atoms in total. The lowest BCUT2D eigenvalue weighted by atomic mass is 10.1. The highest BCUT2D eigenvalue weighted by Crippen LogP contribution is 2.36. The molecular formula is C28H20FN3O7S. The van der Waals surface area contributed by atoms with Gasteiger partial charge in [0.15, 0.2) is 5.50 Å². The number of fused-ring (bicyclic) bond motifs is 1. The van der Waals surface area contributed by atoms with Crippen molar-refractivity contribution in [3.63, 3.8) is 0 Å². The van der Waals surface area contributed by atoms with Gasteiger partial charge in [-0.15, -0.1) is 0 Å². The van der Waals surface area contributed by atoms with Crippen molar-refractivity contribution < 1.29 is 28.4 Å². The van der Waals surface area contributed by atoms with Crippen molar-refractivity contribution in [3.8, 4) is 11.5 Å². The number of thioether (sulfide) groups is 1. The lowest BCUT2D eigenvalue weighted by molar-refractivity contribution is -0.385. The molecule has 0 spiro atoms. The van der Waals surface area contributed by atoms with Gasteiger partial charge in [-0.25, -0.2) is 9.18 Å². The third-order valence-corrected chi connectivity index (χ3v) is 7.03. The molecule has 0 saturated heterocycles. The summed E-state index contributed by atoms with van der Waals surface area (Å²) in [6.07, 6.45) is 1.81. The fraction of sp³-hybridized carbons (Fsp3) is 0.107. The highest BCUT2D eigenvalue weighted by Gasteiger charge is 2.24. The number of nitro groups is 1. The Morgan fingerprint density at radius 3 is 2.55 bits per heavy atom. The number of hydrogen-bond donors (Lipinski definition) is 2. The van der Waals surface area contributed by atoms with Crippen LogP contribution in [0.4, 0.5) is 10.1 Å². The number of ether oxygens (including phenoxy) is 1. The number of aryl methyl sites for hydroxylation is 1. The van der Waals surface area contributed by atoms with E-state index in [2.05, 4.69) is 10.3 Å². The van der Waals surface area contributed by atoms with Gasteiger partial charge in [0, 0.05) is 34.1 Å². The monoisotopic (exact) mass is 561 g/mol. The SMILES string of the molecule is Cc1cc(=O)oc2cc(OC(=O)CNC3N=C(c4ccc(F)cc4)C=C(c4ccc(O)cc4)S3)c([N+](=O)[O-])cc12. The number of benzene rings is 3. The van der Waals surface area contributed by atoms with E-state index in [4.69, 9.17) is 9.15 Å². The number of phenolic OH excluding ortho intramolecular Hbond substituents is 1. The van der Waals surface area contributed by atoms with E-state index in [0.29, 0.717) is 22.2 Å². The van der Waals surface area contributed by atoms with E-state index in [0.717, 1.165) is 16.5 Å². The molecule has 1 unspecified atom stereocenters. The number of nitrogens with one attached hydrogen (secondary N) is 1. The number of nitrogens with zero attached hydrogens (tertiary/aromatic N) is 2. The van der Waals surface area contributed by atoms with Crippen molar-refractivity contribution in [2.75, 3.05) is 6.54 Å². The highest BCUT2D eigenvalue weighted by molar-refractivity contribution is 8.08. The normalized spacial score (nSPS) is 14.9. The molecular weight excluding hydrogens is 541 g/mol. The lowest BCUT2D eigenvalue weighted by Crippen LogP contribution is -2.34. The van der Waals surface area contributed by atoms with Crippen molar-refractivity contribution in [2.24, 2.45) is 4.99 Å². The summed E-state index contributed by atoms with van der Waals surface area (Å²) in [6.45, 7) is 1.25. The number of halogens is 1. The van der Waals surface area contributed by atoms with Crippen LogP contribution in [0.3, 0.4) is 0 Å². The number of rotatable bonds is 7. The van der Waals surface area contributed by atoms with Gasteiger partial charge in [-0.3, -0.25) is 25.2 Å². The van der Waals surface area contributed by atoms with Crippen molar-refractivity contribution in [2.45, 2.75) is 12.4 Å². The van der Waals surface area contributed by atoms with E-state index in [-0.39, 0.29) is 23.6 Å². The largest absolute Gasteiger partial charge is 0.508 e. The Bertz CT molecular complexity index is 1750. The van der Waals surface area contributed by atoms with Crippen LogP contribution in [0.15, 0.2) is 87.0 Å². The molecule has 40 heavy (non-hydrogen) atoms. The Kier molecular flexibility index (Phi) is 7.45. The summed E-state index contributed by atoms with van der Waals surface area (Å²) >= 11 is 1.29. The van der Waals surface area contributed by atoms with Crippen LogP contribution in [0.1, 0.15) is 16.7 Å². The van der Waals surface area contributed by atoms with Crippen molar-refractivity contribution in [1.29, 1.82) is 0 Å². The number of carbonyl (C=O) groups excluding carboxylic acids is 1. The zero-order chi connectivity index (χ0) is 28.4. The van der Waals surface area contributed by atoms with Gasteiger partial charge < -0.3 is 14.3 Å². The number of allylic oxidation sites excluding steroid dienone is 1. The van der Waals surface area contributed by atoms with E-state index in [9.17, 15) is 29.2 Å². The molecule has 0 saturated carbocycles. The fourth-order valence-electron chi connectivity index (χ4n) is 4.00. The summed E-state index contributed by atoms with van der Waals surface area (Å²) in [5.41, 5.74) is 0.725. The minimum atomic E-state index is -0.836. The first-order valence-corrected chi connectivity index (χ1v) is 12.7. The van der Waals surface area contributed by atoms with Crippen LogP contribution in [0.2, 0.25) is 0 Å². The van der Waals surface area contributed by atoms with Crippen LogP contribution < -0.4 is 15.7 Å². The maximum atomic E-state index is 13.5. The van der Waals surface area contributed by atoms with Crippen LogP contribution in [0.25, 0.3) is 15.9 Å². The molecule has 202 valence electrons. The van der Waals surface area contributed by atoms with Crippen LogP contribution in [-0.2, 0) is 4.79 Å². The molecule has 12 heteroatoms. The van der Waals surface area contributed by atoms with Crippen LogP contribution in [-0.4, -0.2) is 33.8 Å². The number of carbonyl (C=O) groups is 1. The van der Waals surface area contributed by atoms with E-state index < -0.39 is 33.5 Å². The summed E-state index contributed by atoms with van der Waals surface area (Å²) in [4.78, 5) is 40.8. The van der Waals surface area contributed by atoms with E-state index in [1.807, 2.05) is 6.08 Å². The topological polar surface area (TPSA) is 144 Å². The maximum absolute atomic E-state index is 13.5. The number of nitro benzene ring substituents is 1. The van der Waals surface area contributed by atoms with Gasteiger partial charge in [-0.05, 0) is 60.5 Å². The van der Waals surface area contributed by atoms with Gasteiger partial charge in [0.2, 0.25) is 5.75 Å². The molecule has 1 atom stereocenters. The van der Waals surface area contributed by atoms with Crippen molar-refractivity contribution in [1.82, 2.24) is 5.32 Å². The smallest absolute Gasteiger partial charge is 0.336 e. The molecule has 2 heterocycles. The molecule has 3 aromatic carbocycles. The van der Waals surface area contributed by atoms with Gasteiger partial charge >= 0.3 is 17.3 Å². The lowest BCUT2D eigenvalue weighted by Gasteiger charge is -2.22. The zero-order valence-electron chi connectivity index (χ0n) is 20.8. The summed E-state index contributed by atoms with van der Waals surface area (Å²) in [5.74, 6) is -1.49. The number of aliphatic imine (C=N–C) groups is 1. The predicted octanol–water partition coefficient (Wildman–Crippen LogP) is 4.91. The second-order valence-corrected chi connectivity index (χ2v) is 9.85. The molecule has 5 rings (SSSR count). The molecule has 1 aliphatic heterocycles. The first kappa shape index (κ1) is 26.8. The first-order chi connectivity index (χ1) is 19.2. The molecule has 1 aliphatic rings. The molecule has 0 radical (unpaired) electrons. The minimum absolute atomic E-state index is 0.0476. The second kappa shape index (κ2) is 11.1. The summed E-state index contributed by atoms with van der Waals surface area (Å²) in [5, 5.41) is 24.6. The van der Waals surface area contributed by atoms with Crippen LogP contribution in [0.5, 0.6) is 11.5 Å². The Balaban J connectivity index is 1.37. The van der Waals surface area contributed by atoms with Gasteiger partial charge in [-0.1, -0.05) is 23.9 Å². The number of esters is 1. The predicted molar refractivity (Wildman–Crippen MR) is 148 cm³/mol. The van der Waals surface area contributed by atoms with Crippen molar-refractivity contribution in [3.05, 3.63) is 116 Å². The third-order valence-electron chi connectivity index (χ3n) is 5.93. The molecule has 0 fully saturated rings. The van der Waals surface area contributed by atoms with Crippen molar-refractivity contribution >= 4 is 45.0 Å². The van der Waals surface area contributed by atoms with Gasteiger partial charge in [0.25, 0.3) is 0 Å². The average Bonchev–Trinajstić information content (AvgIpc) is 2.92.